The van der Waals surface area contributed by atoms with Gasteiger partial charge in [0.05, 0.1) is 23.7 Å². The second-order valence-electron chi connectivity index (χ2n) is 8.69. The van der Waals surface area contributed by atoms with Crippen molar-refractivity contribution in [3.05, 3.63) is 43.0 Å². The molecule has 2 aromatic rings. The highest BCUT2D eigenvalue weighted by atomic mass is 16.2. The smallest absolute Gasteiger partial charge is 0.319 e. The Hall–Kier alpha value is -2.50. The van der Waals surface area contributed by atoms with Crippen LogP contribution >= 0.6 is 0 Å². The third-order valence-electron chi connectivity index (χ3n) is 5.40. The van der Waals surface area contributed by atoms with Crippen LogP contribution in [0.1, 0.15) is 46.5 Å². The number of para-hydroxylation sites is 2. The molecule has 0 spiro atoms. The Labute approximate surface area is 168 Å². The third-order valence-corrected chi connectivity index (χ3v) is 5.40. The molecule has 2 amide bonds. The number of imidazole rings is 1. The molecule has 1 aromatic heterocycles. The van der Waals surface area contributed by atoms with Gasteiger partial charge in [0.2, 0.25) is 0 Å². The summed E-state index contributed by atoms with van der Waals surface area (Å²) in [5.74, 6) is 0. The van der Waals surface area contributed by atoms with E-state index in [1.165, 1.54) is 25.7 Å². The summed E-state index contributed by atoms with van der Waals surface area (Å²) >= 11 is 0. The van der Waals surface area contributed by atoms with Crippen molar-refractivity contribution in [1.29, 1.82) is 0 Å². The molecule has 1 aromatic carbocycles. The molecule has 0 aliphatic carbocycles. The topological polar surface area (TPSA) is 62.2 Å². The Bertz CT molecular complexity index is 743. The van der Waals surface area contributed by atoms with E-state index in [9.17, 15) is 4.79 Å². The highest BCUT2D eigenvalue weighted by Crippen LogP contribution is 2.28. The Kier molecular flexibility index (Phi) is 6.60. The fraction of sp³-hybridized carbons (Fsp3) is 0.545. The van der Waals surface area contributed by atoms with E-state index in [0.29, 0.717) is 6.54 Å². The van der Waals surface area contributed by atoms with Crippen molar-refractivity contribution < 1.29 is 4.79 Å². The van der Waals surface area contributed by atoms with E-state index < -0.39 is 0 Å². The maximum absolute atomic E-state index is 12.8. The number of nitrogens with zero attached hydrogens (tertiary/aromatic N) is 3. The van der Waals surface area contributed by atoms with Gasteiger partial charge in [0.25, 0.3) is 0 Å². The molecule has 152 valence electrons. The number of hydrogen-bond acceptors (Lipinski definition) is 3. The number of rotatable bonds is 5. The summed E-state index contributed by atoms with van der Waals surface area (Å²) in [4.78, 5) is 19.3. The van der Waals surface area contributed by atoms with Crippen molar-refractivity contribution in [2.24, 2.45) is 5.41 Å². The quantitative estimate of drug-likeness (QED) is 0.799. The lowest BCUT2D eigenvalue weighted by molar-refractivity contribution is 0.219. The monoisotopic (exact) mass is 383 g/mol. The summed E-state index contributed by atoms with van der Waals surface area (Å²) in [7, 11) is 0. The summed E-state index contributed by atoms with van der Waals surface area (Å²) in [5, 5.41) is 6.26. The van der Waals surface area contributed by atoms with E-state index in [-0.39, 0.29) is 17.5 Å². The van der Waals surface area contributed by atoms with Crippen LogP contribution < -0.4 is 15.5 Å². The Morgan fingerprint density at radius 3 is 2.50 bits per heavy atom. The maximum atomic E-state index is 12.8. The van der Waals surface area contributed by atoms with Gasteiger partial charge in [-0.3, -0.25) is 0 Å². The van der Waals surface area contributed by atoms with Crippen LogP contribution in [0.4, 0.5) is 16.2 Å². The van der Waals surface area contributed by atoms with Gasteiger partial charge in [-0.25, -0.2) is 9.78 Å². The molecule has 1 fully saturated rings. The molecule has 0 radical (unpaired) electrons. The number of urea groups is 1. The van der Waals surface area contributed by atoms with Gasteiger partial charge in [0, 0.05) is 32.0 Å². The lowest BCUT2D eigenvalue weighted by atomic mass is 9.86. The van der Waals surface area contributed by atoms with Gasteiger partial charge in [-0.05, 0) is 30.4 Å². The van der Waals surface area contributed by atoms with Crippen LogP contribution in [0.2, 0.25) is 0 Å². The lowest BCUT2D eigenvalue weighted by Crippen LogP contribution is -2.48. The van der Waals surface area contributed by atoms with Crippen molar-refractivity contribution in [3.8, 4) is 0 Å². The number of carbonyl (C=O) groups excluding carboxylic acids is 1. The largest absolute Gasteiger partial charge is 0.370 e. The van der Waals surface area contributed by atoms with Crippen molar-refractivity contribution in [3.63, 3.8) is 0 Å². The van der Waals surface area contributed by atoms with Crippen molar-refractivity contribution in [1.82, 2.24) is 14.9 Å². The Morgan fingerprint density at radius 2 is 1.86 bits per heavy atom. The first kappa shape index (κ1) is 20.2. The average molecular weight is 384 g/mol. The van der Waals surface area contributed by atoms with Gasteiger partial charge in [-0.2, -0.15) is 0 Å². The van der Waals surface area contributed by atoms with Gasteiger partial charge in [-0.1, -0.05) is 45.7 Å². The van der Waals surface area contributed by atoms with Gasteiger partial charge < -0.3 is 20.1 Å². The zero-order valence-corrected chi connectivity index (χ0v) is 17.3. The fourth-order valence-electron chi connectivity index (χ4n) is 3.62. The molecule has 1 aliphatic heterocycles. The summed E-state index contributed by atoms with van der Waals surface area (Å²) in [6, 6.07) is 7.92. The molecule has 3 rings (SSSR count). The average Bonchev–Trinajstić information content (AvgIpc) is 3.01. The minimum atomic E-state index is -0.165. The SMILES string of the molecule is CC(C)(C)C(Cn1ccnc1)NC(=O)Nc1ccccc1N1CCCCCC1. The van der Waals surface area contributed by atoms with Crippen molar-refractivity contribution in [2.45, 2.75) is 59.0 Å². The second kappa shape index (κ2) is 9.13. The molecular weight excluding hydrogens is 350 g/mol. The maximum Gasteiger partial charge on any atom is 0.319 e. The van der Waals surface area contributed by atoms with Crippen LogP contribution in [0.3, 0.4) is 0 Å². The molecule has 28 heavy (non-hydrogen) atoms. The normalized spacial score (nSPS) is 16.3. The second-order valence-corrected chi connectivity index (χ2v) is 8.69. The summed E-state index contributed by atoms with van der Waals surface area (Å²) in [6.45, 7) is 9.20. The van der Waals surface area contributed by atoms with E-state index in [1.807, 2.05) is 29.0 Å². The Morgan fingerprint density at radius 1 is 1.14 bits per heavy atom. The number of hydrogen-bond donors (Lipinski definition) is 2. The fourth-order valence-corrected chi connectivity index (χ4v) is 3.62. The standard InChI is InChI=1S/C22H33N5O/c1-22(2,3)20(16-26-15-12-23-17-26)25-21(28)24-18-10-6-7-11-19(18)27-13-8-4-5-9-14-27/h6-7,10-12,15,17,20H,4-5,8-9,13-14,16H2,1-3H3,(H2,24,25,28). The highest BCUT2D eigenvalue weighted by Gasteiger charge is 2.27. The third kappa shape index (κ3) is 5.50. The van der Waals surface area contributed by atoms with Crippen LogP contribution in [0.15, 0.2) is 43.0 Å². The van der Waals surface area contributed by atoms with Gasteiger partial charge >= 0.3 is 6.03 Å². The van der Waals surface area contributed by atoms with Gasteiger partial charge in [-0.15, -0.1) is 0 Å². The molecule has 2 heterocycles. The number of carbonyl (C=O) groups is 1. The molecule has 6 nitrogen and oxygen atoms in total. The molecule has 0 saturated carbocycles. The molecular formula is C22H33N5O. The molecule has 1 atom stereocenters. The number of amides is 2. The van der Waals surface area contributed by atoms with Gasteiger partial charge in [0.15, 0.2) is 0 Å². The minimum Gasteiger partial charge on any atom is -0.370 e. The summed E-state index contributed by atoms with van der Waals surface area (Å²) in [6.07, 6.45) is 10.5. The van der Waals surface area contributed by atoms with Crippen molar-refractivity contribution >= 4 is 17.4 Å². The van der Waals surface area contributed by atoms with Crippen molar-refractivity contribution in [2.75, 3.05) is 23.3 Å². The molecule has 1 saturated heterocycles. The number of aromatic nitrogens is 2. The molecule has 1 aliphatic rings. The summed E-state index contributed by atoms with van der Waals surface area (Å²) in [5.41, 5.74) is 1.91. The first-order chi connectivity index (χ1) is 13.4. The lowest BCUT2D eigenvalue weighted by Gasteiger charge is -2.32. The van der Waals surface area contributed by atoms with E-state index in [1.54, 1.807) is 12.5 Å². The zero-order chi connectivity index (χ0) is 20.0. The minimum absolute atomic E-state index is 0.0213. The number of nitrogens with one attached hydrogen (secondary N) is 2. The van der Waals surface area contributed by atoms with Crippen LogP contribution in [0.5, 0.6) is 0 Å². The number of anilines is 2. The van der Waals surface area contributed by atoms with E-state index in [0.717, 1.165) is 24.5 Å². The number of benzene rings is 1. The predicted octanol–water partition coefficient (Wildman–Crippen LogP) is 4.50. The van der Waals surface area contributed by atoms with E-state index in [2.05, 4.69) is 47.4 Å². The Balaban J connectivity index is 1.69. The molecule has 2 N–H and O–H groups in total. The first-order valence-corrected chi connectivity index (χ1v) is 10.3. The predicted molar refractivity (Wildman–Crippen MR) is 115 cm³/mol. The van der Waals surface area contributed by atoms with E-state index in [4.69, 9.17) is 0 Å². The zero-order valence-electron chi connectivity index (χ0n) is 17.3. The molecule has 0 bridgehead atoms. The molecule has 6 heteroatoms. The highest BCUT2D eigenvalue weighted by molar-refractivity contribution is 5.93. The van der Waals surface area contributed by atoms with Crippen LogP contribution in [-0.4, -0.2) is 34.7 Å². The van der Waals surface area contributed by atoms with Crippen LogP contribution in [0.25, 0.3) is 0 Å². The van der Waals surface area contributed by atoms with Crippen LogP contribution in [-0.2, 0) is 6.54 Å². The van der Waals surface area contributed by atoms with Gasteiger partial charge in [0.1, 0.15) is 0 Å². The molecule has 1 unspecified atom stereocenters. The van der Waals surface area contributed by atoms with Crippen LogP contribution in [0, 0.1) is 5.41 Å². The summed E-state index contributed by atoms with van der Waals surface area (Å²) < 4.78 is 2.00. The van der Waals surface area contributed by atoms with E-state index >= 15 is 0 Å². The first-order valence-electron chi connectivity index (χ1n) is 10.3.